The van der Waals surface area contributed by atoms with E-state index in [0.29, 0.717) is 35.4 Å². The lowest BCUT2D eigenvalue weighted by Gasteiger charge is -2.18. The van der Waals surface area contributed by atoms with Crippen LogP contribution in [0.3, 0.4) is 0 Å². The molecule has 0 spiro atoms. The summed E-state index contributed by atoms with van der Waals surface area (Å²) in [6.07, 6.45) is 8.52. The van der Waals surface area contributed by atoms with Gasteiger partial charge in [0.1, 0.15) is 5.39 Å². The van der Waals surface area contributed by atoms with Crippen molar-refractivity contribution in [3.8, 4) is 5.82 Å². The lowest BCUT2D eigenvalue weighted by molar-refractivity contribution is 0.574. The molecule has 1 aliphatic carbocycles. The minimum absolute atomic E-state index is 0.159. The molecular weight excluding hydrogens is 404 g/mol. The summed E-state index contributed by atoms with van der Waals surface area (Å²) in [5, 5.41) is 11.9. The highest BCUT2D eigenvalue weighted by atomic mass is 16.1. The highest BCUT2D eigenvalue weighted by molar-refractivity contribution is 5.77. The molecule has 0 amide bonds. The molecule has 162 valence electrons. The van der Waals surface area contributed by atoms with Gasteiger partial charge in [-0.15, -0.1) is 6.58 Å². The Morgan fingerprint density at radius 2 is 2.16 bits per heavy atom. The molecule has 1 aromatic carbocycles. The number of rotatable bonds is 6. The third kappa shape index (κ3) is 3.21. The van der Waals surface area contributed by atoms with Gasteiger partial charge in [-0.1, -0.05) is 12.1 Å². The van der Waals surface area contributed by atoms with E-state index in [1.807, 2.05) is 23.0 Å². The number of nitrogens with zero attached hydrogens (tertiary/aromatic N) is 6. The Hall–Kier alpha value is -3.72. The number of hydrogen-bond acceptors (Lipinski definition) is 6. The monoisotopic (exact) mass is 428 g/mol. The Kier molecular flexibility index (Phi) is 4.43. The van der Waals surface area contributed by atoms with Crippen molar-refractivity contribution in [2.75, 3.05) is 11.9 Å². The fourth-order valence-corrected chi connectivity index (χ4v) is 4.28. The largest absolute Gasteiger partial charge is 0.324 e. The molecule has 9 nitrogen and oxygen atoms in total. The first-order valence-corrected chi connectivity index (χ1v) is 11.0. The third-order valence-electron chi connectivity index (χ3n) is 6.06. The van der Waals surface area contributed by atoms with Crippen molar-refractivity contribution < 1.29 is 0 Å². The van der Waals surface area contributed by atoms with Crippen LogP contribution in [-0.2, 0) is 19.5 Å². The van der Waals surface area contributed by atoms with Crippen molar-refractivity contribution in [1.29, 1.82) is 0 Å². The van der Waals surface area contributed by atoms with Gasteiger partial charge in [0.15, 0.2) is 11.5 Å². The van der Waals surface area contributed by atoms with Gasteiger partial charge in [-0.25, -0.2) is 14.3 Å². The summed E-state index contributed by atoms with van der Waals surface area (Å²) < 4.78 is 5.33. The zero-order valence-corrected chi connectivity index (χ0v) is 17.7. The first-order valence-electron chi connectivity index (χ1n) is 11.0. The maximum atomic E-state index is 13.0. The van der Waals surface area contributed by atoms with Crippen molar-refractivity contribution in [3.63, 3.8) is 0 Å². The van der Waals surface area contributed by atoms with E-state index in [2.05, 4.69) is 34.3 Å². The molecule has 1 aliphatic heterocycles. The van der Waals surface area contributed by atoms with E-state index in [0.717, 1.165) is 38.0 Å². The molecule has 0 saturated heterocycles. The Morgan fingerprint density at radius 3 is 3.00 bits per heavy atom. The molecule has 0 bridgehead atoms. The van der Waals surface area contributed by atoms with Gasteiger partial charge in [0.2, 0.25) is 5.95 Å². The van der Waals surface area contributed by atoms with Crippen molar-refractivity contribution >= 4 is 22.7 Å². The minimum atomic E-state index is -0.159. The number of allylic oxidation sites excluding steroid dienone is 1. The zero-order valence-electron chi connectivity index (χ0n) is 17.7. The standard InChI is InChI=1S/C23H24N8O/c1-2-10-30-22(32)19-14-25-23(26-17-4-3-16-13-24-9-7-15(16)12-17)27-21(19)31(30)20-8-11-29(28-20)18-5-6-18/h2-4,8,11-12,14,18,24H,1,5-7,9-10,13H2,(H,25,26,27). The number of anilines is 2. The molecule has 2 N–H and O–H groups in total. The number of aromatic nitrogens is 6. The fraction of sp³-hybridized carbons (Fsp3) is 0.304. The second kappa shape index (κ2) is 7.45. The summed E-state index contributed by atoms with van der Waals surface area (Å²) in [6.45, 7) is 6.04. The van der Waals surface area contributed by atoms with E-state index in [9.17, 15) is 4.79 Å². The van der Waals surface area contributed by atoms with Gasteiger partial charge in [0.05, 0.1) is 12.6 Å². The molecule has 2 aliphatic rings. The van der Waals surface area contributed by atoms with Crippen LogP contribution in [0.1, 0.15) is 30.0 Å². The average molecular weight is 429 g/mol. The summed E-state index contributed by atoms with van der Waals surface area (Å²) in [4.78, 5) is 22.2. The zero-order chi connectivity index (χ0) is 21.7. The lowest BCUT2D eigenvalue weighted by atomic mass is 10.0. The molecule has 1 saturated carbocycles. The van der Waals surface area contributed by atoms with Gasteiger partial charge >= 0.3 is 0 Å². The second-order valence-electron chi connectivity index (χ2n) is 8.34. The molecule has 6 rings (SSSR count). The molecular formula is C23H24N8O. The second-order valence-corrected chi connectivity index (χ2v) is 8.34. The van der Waals surface area contributed by atoms with Crippen LogP contribution in [0.2, 0.25) is 0 Å². The number of hydrogen-bond donors (Lipinski definition) is 2. The predicted molar refractivity (Wildman–Crippen MR) is 123 cm³/mol. The van der Waals surface area contributed by atoms with Crippen LogP contribution in [0.25, 0.3) is 16.9 Å². The van der Waals surface area contributed by atoms with Gasteiger partial charge in [-0.3, -0.25) is 9.48 Å². The Balaban J connectivity index is 1.43. The Morgan fingerprint density at radius 1 is 1.25 bits per heavy atom. The minimum Gasteiger partial charge on any atom is -0.324 e. The number of fused-ring (bicyclic) bond motifs is 2. The highest BCUT2D eigenvalue weighted by Gasteiger charge is 2.25. The Labute approximate surface area is 184 Å². The van der Waals surface area contributed by atoms with Crippen LogP contribution < -0.4 is 16.2 Å². The van der Waals surface area contributed by atoms with Crippen LogP contribution >= 0.6 is 0 Å². The summed E-state index contributed by atoms with van der Waals surface area (Å²) >= 11 is 0. The molecule has 9 heteroatoms. The third-order valence-corrected chi connectivity index (χ3v) is 6.06. The van der Waals surface area contributed by atoms with E-state index in [1.54, 1.807) is 21.6 Å². The van der Waals surface area contributed by atoms with Crippen LogP contribution in [-0.4, -0.2) is 35.7 Å². The lowest BCUT2D eigenvalue weighted by Crippen LogP contribution is -2.23. The predicted octanol–water partition coefficient (Wildman–Crippen LogP) is 2.69. The topological polar surface area (TPSA) is 94.6 Å². The summed E-state index contributed by atoms with van der Waals surface area (Å²) in [5.41, 5.74) is 3.95. The van der Waals surface area contributed by atoms with Crippen LogP contribution in [0, 0.1) is 0 Å². The van der Waals surface area contributed by atoms with Gasteiger partial charge in [-0.05, 0) is 49.1 Å². The van der Waals surface area contributed by atoms with Crippen LogP contribution in [0.15, 0.2) is 54.1 Å². The van der Waals surface area contributed by atoms with Crippen LogP contribution in [0.5, 0.6) is 0 Å². The number of nitrogens with one attached hydrogen (secondary N) is 2. The molecule has 32 heavy (non-hydrogen) atoms. The van der Waals surface area contributed by atoms with Crippen molar-refractivity contribution in [2.45, 2.75) is 38.4 Å². The molecule has 0 unspecified atom stereocenters. The SMILES string of the molecule is C=CCn1c(=O)c2cnc(Nc3ccc4c(c3)CCNC4)nc2n1-c1ccn(C2CC2)n1. The molecule has 1 fully saturated rings. The molecule has 4 aromatic rings. The maximum absolute atomic E-state index is 13.0. The van der Waals surface area contributed by atoms with Crippen molar-refractivity contribution in [1.82, 2.24) is 34.4 Å². The van der Waals surface area contributed by atoms with Gasteiger partial charge in [0.25, 0.3) is 5.56 Å². The van der Waals surface area contributed by atoms with Gasteiger partial charge in [0, 0.05) is 30.7 Å². The summed E-state index contributed by atoms with van der Waals surface area (Å²) in [6, 6.07) is 8.69. The van der Waals surface area contributed by atoms with Crippen LogP contribution in [0.4, 0.5) is 11.6 Å². The summed E-state index contributed by atoms with van der Waals surface area (Å²) in [7, 11) is 0. The normalized spacial score (nSPS) is 15.6. The molecule has 4 heterocycles. The molecule has 0 atom stereocenters. The maximum Gasteiger partial charge on any atom is 0.278 e. The quantitative estimate of drug-likeness (QED) is 0.459. The van der Waals surface area contributed by atoms with E-state index in [4.69, 9.17) is 10.1 Å². The van der Waals surface area contributed by atoms with Gasteiger partial charge in [-0.2, -0.15) is 10.1 Å². The van der Waals surface area contributed by atoms with Gasteiger partial charge < -0.3 is 10.6 Å². The van der Waals surface area contributed by atoms with Crippen molar-refractivity contribution in [3.05, 3.63) is 70.8 Å². The summed E-state index contributed by atoms with van der Waals surface area (Å²) in [5.74, 6) is 1.11. The average Bonchev–Trinajstić information content (AvgIpc) is 3.49. The smallest absolute Gasteiger partial charge is 0.278 e. The Bertz CT molecular complexity index is 1390. The van der Waals surface area contributed by atoms with Crippen molar-refractivity contribution in [2.24, 2.45) is 0 Å². The van der Waals surface area contributed by atoms with E-state index < -0.39 is 0 Å². The fourth-order valence-electron chi connectivity index (χ4n) is 4.28. The van der Waals surface area contributed by atoms with E-state index in [1.165, 1.54) is 11.1 Å². The first kappa shape index (κ1) is 19.0. The van der Waals surface area contributed by atoms with E-state index >= 15 is 0 Å². The number of benzene rings is 1. The first-order chi connectivity index (χ1) is 15.7. The highest BCUT2D eigenvalue weighted by Crippen LogP contribution is 2.34. The molecule has 3 aromatic heterocycles. The van der Waals surface area contributed by atoms with E-state index in [-0.39, 0.29) is 5.56 Å². The molecule has 0 radical (unpaired) electrons.